The topological polar surface area (TPSA) is 62.3 Å². The molecule has 0 spiro atoms. The molecule has 1 aliphatic rings. The smallest absolute Gasteiger partial charge is 0.230 e. The zero-order valence-electron chi connectivity index (χ0n) is 12.0. The van der Waals surface area contributed by atoms with Crippen molar-refractivity contribution in [3.05, 3.63) is 40.9 Å². The standard InChI is InChI=1S/C15H13F2N3O2S/c16-9-4-10(17)6-11(5-9)18-13(21)7-12-8-23-15(19-12)20-3-1-2-14(20)22/h4-6,8H,1-3,7H2,(H,18,21). The van der Waals surface area contributed by atoms with Crippen LogP contribution in [0.25, 0.3) is 0 Å². The van der Waals surface area contributed by atoms with Crippen LogP contribution in [0.15, 0.2) is 23.6 Å². The fourth-order valence-corrected chi connectivity index (χ4v) is 3.22. The van der Waals surface area contributed by atoms with Gasteiger partial charge in [-0.3, -0.25) is 14.5 Å². The van der Waals surface area contributed by atoms with E-state index in [0.717, 1.165) is 24.6 Å². The molecular formula is C15H13F2N3O2S. The lowest BCUT2D eigenvalue weighted by atomic mass is 10.2. The lowest BCUT2D eigenvalue weighted by Crippen LogP contribution is -2.23. The van der Waals surface area contributed by atoms with Crippen LogP contribution in [0, 0.1) is 11.6 Å². The van der Waals surface area contributed by atoms with Gasteiger partial charge >= 0.3 is 0 Å². The van der Waals surface area contributed by atoms with Gasteiger partial charge in [-0.15, -0.1) is 11.3 Å². The third-order valence-corrected chi connectivity index (χ3v) is 4.24. The summed E-state index contributed by atoms with van der Waals surface area (Å²) in [6.45, 7) is 0.639. The molecule has 0 bridgehead atoms. The average molecular weight is 337 g/mol. The molecule has 1 aromatic carbocycles. The maximum absolute atomic E-state index is 13.1. The summed E-state index contributed by atoms with van der Waals surface area (Å²) in [5.41, 5.74) is 0.566. The van der Waals surface area contributed by atoms with Crippen molar-refractivity contribution in [3.63, 3.8) is 0 Å². The maximum Gasteiger partial charge on any atom is 0.230 e. The van der Waals surface area contributed by atoms with Crippen LogP contribution in [0.4, 0.5) is 19.6 Å². The Balaban J connectivity index is 1.64. The van der Waals surface area contributed by atoms with Crippen molar-refractivity contribution < 1.29 is 18.4 Å². The van der Waals surface area contributed by atoms with E-state index in [1.807, 2.05) is 0 Å². The second kappa shape index (κ2) is 6.41. The Bertz CT molecular complexity index is 743. The summed E-state index contributed by atoms with van der Waals surface area (Å²) in [7, 11) is 0. The van der Waals surface area contributed by atoms with Gasteiger partial charge in [0.15, 0.2) is 5.13 Å². The molecule has 0 unspecified atom stereocenters. The van der Waals surface area contributed by atoms with Gasteiger partial charge in [-0.05, 0) is 18.6 Å². The predicted molar refractivity (Wildman–Crippen MR) is 82.4 cm³/mol. The highest BCUT2D eigenvalue weighted by atomic mass is 32.1. The maximum atomic E-state index is 13.1. The minimum Gasteiger partial charge on any atom is -0.326 e. The van der Waals surface area contributed by atoms with E-state index in [2.05, 4.69) is 10.3 Å². The first-order chi connectivity index (χ1) is 11.0. The van der Waals surface area contributed by atoms with Crippen molar-refractivity contribution in [1.29, 1.82) is 0 Å². The number of benzene rings is 1. The molecule has 1 saturated heterocycles. The third-order valence-electron chi connectivity index (χ3n) is 3.33. The minimum absolute atomic E-state index is 0.0311. The zero-order chi connectivity index (χ0) is 16.4. The first-order valence-electron chi connectivity index (χ1n) is 7.02. The Morgan fingerprint density at radius 2 is 2.04 bits per heavy atom. The highest BCUT2D eigenvalue weighted by Gasteiger charge is 2.24. The number of nitrogens with zero attached hydrogens (tertiary/aromatic N) is 2. The number of hydrogen-bond donors (Lipinski definition) is 1. The van der Waals surface area contributed by atoms with Gasteiger partial charge in [-0.25, -0.2) is 13.8 Å². The first kappa shape index (κ1) is 15.5. The summed E-state index contributed by atoms with van der Waals surface area (Å²) in [5, 5.41) is 4.70. The molecule has 120 valence electrons. The molecular weight excluding hydrogens is 324 g/mol. The predicted octanol–water partition coefficient (Wildman–Crippen LogP) is 2.73. The Morgan fingerprint density at radius 1 is 1.30 bits per heavy atom. The molecule has 2 heterocycles. The number of anilines is 2. The second-order valence-electron chi connectivity index (χ2n) is 5.15. The van der Waals surface area contributed by atoms with Crippen LogP contribution in [0.2, 0.25) is 0 Å². The van der Waals surface area contributed by atoms with Gasteiger partial charge in [0.25, 0.3) is 0 Å². The van der Waals surface area contributed by atoms with Crippen molar-refractivity contribution in [3.8, 4) is 0 Å². The molecule has 5 nitrogen and oxygen atoms in total. The summed E-state index contributed by atoms with van der Waals surface area (Å²) < 4.78 is 26.2. The third kappa shape index (κ3) is 3.70. The summed E-state index contributed by atoms with van der Waals surface area (Å²) >= 11 is 1.30. The number of carbonyl (C=O) groups excluding carboxylic acids is 2. The van der Waals surface area contributed by atoms with E-state index in [1.165, 1.54) is 11.3 Å². The first-order valence-corrected chi connectivity index (χ1v) is 7.90. The fourth-order valence-electron chi connectivity index (χ4n) is 2.35. The number of rotatable bonds is 4. The Morgan fingerprint density at radius 3 is 2.70 bits per heavy atom. The number of amides is 2. The van der Waals surface area contributed by atoms with Crippen LogP contribution in [0.3, 0.4) is 0 Å². The van der Waals surface area contributed by atoms with E-state index < -0.39 is 17.5 Å². The van der Waals surface area contributed by atoms with Crippen LogP contribution in [-0.4, -0.2) is 23.3 Å². The molecule has 2 amide bonds. The lowest BCUT2D eigenvalue weighted by molar-refractivity contribution is -0.117. The number of hydrogen-bond acceptors (Lipinski definition) is 4. The Kier molecular flexibility index (Phi) is 4.33. The van der Waals surface area contributed by atoms with E-state index in [9.17, 15) is 18.4 Å². The van der Waals surface area contributed by atoms with E-state index in [1.54, 1.807) is 10.3 Å². The van der Waals surface area contributed by atoms with E-state index in [4.69, 9.17) is 0 Å². The van der Waals surface area contributed by atoms with Crippen molar-refractivity contribution in [1.82, 2.24) is 4.98 Å². The summed E-state index contributed by atoms with van der Waals surface area (Å²) in [6.07, 6.45) is 1.29. The van der Waals surface area contributed by atoms with Crippen LogP contribution in [0.1, 0.15) is 18.5 Å². The second-order valence-corrected chi connectivity index (χ2v) is 5.99. The van der Waals surface area contributed by atoms with Crippen molar-refractivity contribution in [2.45, 2.75) is 19.3 Å². The normalized spacial score (nSPS) is 14.3. The molecule has 1 aromatic heterocycles. The van der Waals surface area contributed by atoms with Gasteiger partial charge in [0.2, 0.25) is 11.8 Å². The largest absolute Gasteiger partial charge is 0.326 e. The lowest BCUT2D eigenvalue weighted by Gasteiger charge is -2.10. The van der Waals surface area contributed by atoms with Crippen LogP contribution < -0.4 is 10.2 Å². The molecule has 0 saturated carbocycles. The van der Waals surface area contributed by atoms with E-state index in [0.29, 0.717) is 23.8 Å². The van der Waals surface area contributed by atoms with Gasteiger partial charge < -0.3 is 5.32 Å². The molecule has 1 N–H and O–H groups in total. The fraction of sp³-hybridized carbons (Fsp3) is 0.267. The molecule has 1 aliphatic heterocycles. The highest BCUT2D eigenvalue weighted by molar-refractivity contribution is 7.14. The summed E-state index contributed by atoms with van der Waals surface area (Å²) in [4.78, 5) is 29.5. The average Bonchev–Trinajstić information content (AvgIpc) is 3.06. The molecule has 23 heavy (non-hydrogen) atoms. The van der Waals surface area contributed by atoms with Crippen LogP contribution >= 0.6 is 11.3 Å². The van der Waals surface area contributed by atoms with Gasteiger partial charge in [0.1, 0.15) is 11.6 Å². The molecule has 0 radical (unpaired) electrons. The van der Waals surface area contributed by atoms with Gasteiger partial charge in [-0.2, -0.15) is 0 Å². The van der Waals surface area contributed by atoms with Crippen molar-refractivity contribution >= 4 is 34.0 Å². The van der Waals surface area contributed by atoms with Crippen molar-refractivity contribution in [2.24, 2.45) is 0 Å². The van der Waals surface area contributed by atoms with Gasteiger partial charge in [-0.1, -0.05) is 0 Å². The number of aromatic nitrogens is 1. The van der Waals surface area contributed by atoms with E-state index in [-0.39, 0.29) is 18.0 Å². The molecule has 0 atom stereocenters. The Hall–Kier alpha value is -2.35. The van der Waals surface area contributed by atoms with E-state index >= 15 is 0 Å². The van der Waals surface area contributed by atoms with Crippen LogP contribution in [-0.2, 0) is 16.0 Å². The molecule has 3 rings (SSSR count). The SMILES string of the molecule is O=C(Cc1csc(N2CCCC2=O)n1)Nc1cc(F)cc(F)c1. The van der Waals surface area contributed by atoms with Gasteiger partial charge in [0.05, 0.1) is 12.1 Å². The molecule has 0 aliphatic carbocycles. The van der Waals surface area contributed by atoms with Crippen molar-refractivity contribution in [2.75, 3.05) is 16.8 Å². The number of nitrogens with one attached hydrogen (secondary N) is 1. The summed E-state index contributed by atoms with van der Waals surface area (Å²) in [6, 6.07) is 2.81. The molecule has 2 aromatic rings. The quantitative estimate of drug-likeness (QED) is 0.933. The minimum atomic E-state index is -0.760. The molecule has 8 heteroatoms. The number of carbonyl (C=O) groups is 2. The van der Waals surface area contributed by atoms with Crippen LogP contribution in [0.5, 0.6) is 0 Å². The zero-order valence-corrected chi connectivity index (χ0v) is 12.8. The Labute approximate surface area is 134 Å². The van der Waals surface area contributed by atoms with Gasteiger partial charge in [0, 0.05) is 30.1 Å². The molecule has 1 fully saturated rings. The number of thiazole rings is 1. The number of halogens is 2. The highest BCUT2D eigenvalue weighted by Crippen LogP contribution is 2.25. The summed E-state index contributed by atoms with van der Waals surface area (Å²) in [5.74, 6) is -1.92. The monoisotopic (exact) mass is 337 g/mol.